The van der Waals surface area contributed by atoms with Gasteiger partial charge in [0.2, 0.25) is 0 Å². The van der Waals surface area contributed by atoms with Crippen molar-refractivity contribution in [1.29, 1.82) is 0 Å². The highest BCUT2D eigenvalue weighted by Gasteiger charge is 2.24. The molecule has 1 aliphatic rings. The molecule has 1 atom stereocenters. The number of hydrogen-bond acceptors (Lipinski definition) is 3. The Hall–Kier alpha value is -2.96. The van der Waals surface area contributed by atoms with Crippen molar-refractivity contribution >= 4 is 5.91 Å². The zero-order chi connectivity index (χ0) is 16.5. The molecular weight excluding hydrogens is 309 g/mol. The Balaban J connectivity index is 1.54. The van der Waals surface area contributed by atoms with Gasteiger partial charge in [-0.05, 0) is 30.5 Å². The fourth-order valence-corrected chi connectivity index (χ4v) is 3.12. The Kier molecular flexibility index (Phi) is 3.60. The molecule has 7 heteroatoms. The largest absolute Gasteiger partial charge is 0.349 e. The van der Waals surface area contributed by atoms with Gasteiger partial charge in [-0.1, -0.05) is 12.1 Å². The number of aromatic nitrogens is 4. The lowest BCUT2D eigenvalue weighted by molar-refractivity contribution is 0.0934. The zero-order valence-corrected chi connectivity index (χ0v) is 12.8. The summed E-state index contributed by atoms with van der Waals surface area (Å²) in [7, 11) is 0. The Labute approximate surface area is 137 Å². The van der Waals surface area contributed by atoms with E-state index in [-0.39, 0.29) is 11.9 Å². The van der Waals surface area contributed by atoms with Crippen molar-refractivity contribution in [2.45, 2.75) is 25.3 Å². The summed E-state index contributed by atoms with van der Waals surface area (Å²) in [6, 6.07) is 6.34. The summed E-state index contributed by atoms with van der Waals surface area (Å²) < 4.78 is 14.0. The number of carbonyl (C=O) groups excluding carboxylic acids is 1. The van der Waals surface area contributed by atoms with E-state index in [9.17, 15) is 9.18 Å². The summed E-state index contributed by atoms with van der Waals surface area (Å²) in [5.74, 6) is -0.648. The highest BCUT2D eigenvalue weighted by atomic mass is 19.1. The van der Waals surface area contributed by atoms with Gasteiger partial charge in [-0.3, -0.25) is 15.0 Å². The quantitative estimate of drug-likeness (QED) is 0.690. The van der Waals surface area contributed by atoms with Gasteiger partial charge in [0.1, 0.15) is 5.82 Å². The van der Waals surface area contributed by atoms with E-state index < -0.39 is 5.82 Å². The molecule has 3 aromatic rings. The van der Waals surface area contributed by atoms with Crippen molar-refractivity contribution in [3.05, 3.63) is 59.3 Å². The van der Waals surface area contributed by atoms with Gasteiger partial charge in [0.15, 0.2) is 0 Å². The molecule has 0 radical (unpaired) electrons. The molecule has 0 fully saturated rings. The average molecular weight is 325 g/mol. The molecule has 24 heavy (non-hydrogen) atoms. The smallest absolute Gasteiger partial charge is 0.255 e. The molecule has 1 unspecified atom stereocenters. The number of hydrogen-bond donors (Lipinski definition) is 3. The van der Waals surface area contributed by atoms with Crippen LogP contribution in [0.15, 0.2) is 36.7 Å². The third kappa shape index (κ3) is 2.58. The number of aromatic amines is 2. The molecule has 2 aromatic heterocycles. The van der Waals surface area contributed by atoms with Crippen LogP contribution < -0.4 is 5.32 Å². The second-order valence-corrected chi connectivity index (χ2v) is 5.93. The van der Waals surface area contributed by atoms with Gasteiger partial charge in [-0.2, -0.15) is 10.2 Å². The lowest BCUT2D eigenvalue weighted by atomic mass is 9.93. The Morgan fingerprint density at radius 2 is 2.04 bits per heavy atom. The molecule has 0 saturated heterocycles. The minimum absolute atomic E-state index is 0.0221. The summed E-state index contributed by atoms with van der Waals surface area (Å²) in [5.41, 5.74) is 3.34. The van der Waals surface area contributed by atoms with Crippen molar-refractivity contribution in [2.24, 2.45) is 0 Å². The molecule has 3 N–H and O–H groups in total. The van der Waals surface area contributed by atoms with Gasteiger partial charge in [-0.15, -0.1) is 0 Å². The van der Waals surface area contributed by atoms with Crippen molar-refractivity contribution in [1.82, 2.24) is 25.7 Å². The van der Waals surface area contributed by atoms with Crippen LogP contribution in [0.3, 0.4) is 0 Å². The highest BCUT2D eigenvalue weighted by Crippen LogP contribution is 2.25. The second kappa shape index (κ2) is 5.92. The van der Waals surface area contributed by atoms with Crippen LogP contribution >= 0.6 is 0 Å². The van der Waals surface area contributed by atoms with E-state index in [1.54, 1.807) is 18.2 Å². The average Bonchev–Trinajstić information content (AvgIpc) is 3.24. The second-order valence-electron chi connectivity index (χ2n) is 5.93. The summed E-state index contributed by atoms with van der Waals surface area (Å²) >= 11 is 0. The number of benzene rings is 1. The number of aryl methyl sites for hydroxylation is 1. The van der Waals surface area contributed by atoms with Gasteiger partial charge in [-0.25, -0.2) is 4.39 Å². The van der Waals surface area contributed by atoms with E-state index in [1.807, 2.05) is 6.20 Å². The minimum Gasteiger partial charge on any atom is -0.349 e. The highest BCUT2D eigenvalue weighted by molar-refractivity contribution is 5.99. The summed E-state index contributed by atoms with van der Waals surface area (Å²) in [4.78, 5) is 12.6. The molecule has 122 valence electrons. The van der Waals surface area contributed by atoms with Crippen molar-refractivity contribution in [2.75, 3.05) is 0 Å². The standard InChI is InChI=1S/C17H16FN5O/c18-14-4-2-1-3-12(14)16-13(9-20-23-16)17(24)21-11-6-5-10-8-19-22-15(10)7-11/h1-4,8-9,11H,5-7H2,(H,19,22)(H,20,23)(H,21,24). The normalized spacial score (nSPS) is 16.6. The molecule has 0 aliphatic heterocycles. The zero-order valence-electron chi connectivity index (χ0n) is 12.8. The van der Waals surface area contributed by atoms with Crippen molar-refractivity contribution < 1.29 is 9.18 Å². The molecule has 2 heterocycles. The van der Waals surface area contributed by atoms with Crippen LogP contribution in [-0.4, -0.2) is 32.3 Å². The predicted molar refractivity (Wildman–Crippen MR) is 85.8 cm³/mol. The molecule has 6 nitrogen and oxygen atoms in total. The molecule has 1 amide bonds. The number of fused-ring (bicyclic) bond motifs is 1. The summed E-state index contributed by atoms with van der Waals surface area (Å²) in [5, 5.41) is 16.7. The van der Waals surface area contributed by atoms with Gasteiger partial charge in [0.25, 0.3) is 5.91 Å². The van der Waals surface area contributed by atoms with E-state index in [2.05, 4.69) is 25.7 Å². The Morgan fingerprint density at radius 3 is 2.92 bits per heavy atom. The number of amides is 1. The third-order valence-electron chi connectivity index (χ3n) is 4.38. The first-order valence-electron chi connectivity index (χ1n) is 7.82. The van der Waals surface area contributed by atoms with E-state index >= 15 is 0 Å². The lowest BCUT2D eigenvalue weighted by Crippen LogP contribution is -2.38. The number of nitrogens with zero attached hydrogens (tertiary/aromatic N) is 2. The van der Waals surface area contributed by atoms with Crippen molar-refractivity contribution in [3.8, 4) is 11.3 Å². The van der Waals surface area contributed by atoms with E-state index in [0.29, 0.717) is 23.2 Å². The summed E-state index contributed by atoms with van der Waals surface area (Å²) in [6.07, 6.45) is 5.71. The number of H-pyrrole nitrogens is 2. The van der Waals surface area contributed by atoms with E-state index in [1.165, 1.54) is 17.8 Å². The summed E-state index contributed by atoms with van der Waals surface area (Å²) in [6.45, 7) is 0. The minimum atomic E-state index is -0.393. The van der Waals surface area contributed by atoms with Crippen molar-refractivity contribution in [3.63, 3.8) is 0 Å². The van der Waals surface area contributed by atoms with Gasteiger partial charge in [0, 0.05) is 23.7 Å². The number of halogens is 1. The van der Waals surface area contributed by atoms with Crippen LogP contribution in [0, 0.1) is 5.82 Å². The van der Waals surface area contributed by atoms with E-state index in [0.717, 1.165) is 18.5 Å². The predicted octanol–water partition coefficient (Wildman–Crippen LogP) is 2.23. The van der Waals surface area contributed by atoms with Gasteiger partial charge < -0.3 is 5.32 Å². The molecule has 4 rings (SSSR count). The number of carbonyl (C=O) groups is 1. The molecule has 0 spiro atoms. The fraction of sp³-hybridized carbons (Fsp3) is 0.235. The fourth-order valence-electron chi connectivity index (χ4n) is 3.12. The molecule has 0 bridgehead atoms. The maximum absolute atomic E-state index is 14.0. The first kappa shape index (κ1) is 14.6. The maximum Gasteiger partial charge on any atom is 0.255 e. The Bertz CT molecular complexity index is 885. The van der Waals surface area contributed by atoms with Gasteiger partial charge in [0.05, 0.1) is 23.7 Å². The lowest BCUT2D eigenvalue weighted by Gasteiger charge is -2.22. The van der Waals surface area contributed by atoms with Crippen LogP contribution in [0.25, 0.3) is 11.3 Å². The van der Waals surface area contributed by atoms with Crippen LogP contribution in [0.2, 0.25) is 0 Å². The van der Waals surface area contributed by atoms with E-state index in [4.69, 9.17) is 0 Å². The van der Waals surface area contributed by atoms with Gasteiger partial charge >= 0.3 is 0 Å². The number of rotatable bonds is 3. The molecule has 0 saturated carbocycles. The topological polar surface area (TPSA) is 86.5 Å². The molecular formula is C17H16FN5O. The first-order chi connectivity index (χ1) is 11.7. The first-order valence-corrected chi connectivity index (χ1v) is 7.82. The van der Waals surface area contributed by atoms with Crippen LogP contribution in [0.5, 0.6) is 0 Å². The van der Waals surface area contributed by atoms with Crippen LogP contribution in [-0.2, 0) is 12.8 Å². The third-order valence-corrected chi connectivity index (χ3v) is 4.38. The SMILES string of the molecule is O=C(NC1CCc2cn[nH]c2C1)c1cn[nH]c1-c1ccccc1F. The molecule has 1 aliphatic carbocycles. The molecule has 1 aromatic carbocycles. The van der Waals surface area contributed by atoms with Crippen LogP contribution in [0.1, 0.15) is 28.0 Å². The number of nitrogens with one attached hydrogen (secondary N) is 3. The maximum atomic E-state index is 14.0. The van der Waals surface area contributed by atoms with Crippen LogP contribution in [0.4, 0.5) is 4.39 Å². The monoisotopic (exact) mass is 325 g/mol. The Morgan fingerprint density at radius 1 is 1.21 bits per heavy atom.